The van der Waals surface area contributed by atoms with Crippen LogP contribution in [0.3, 0.4) is 0 Å². The Labute approximate surface area is 154 Å². The van der Waals surface area contributed by atoms with Crippen molar-refractivity contribution in [2.24, 2.45) is 0 Å². The summed E-state index contributed by atoms with van der Waals surface area (Å²) in [6.45, 7) is 9.92. The first kappa shape index (κ1) is 17.7. The highest BCUT2D eigenvalue weighted by Gasteiger charge is 2.43. The molecule has 25 heavy (non-hydrogen) atoms. The molecule has 0 saturated carbocycles. The molecule has 3 aromatic rings. The summed E-state index contributed by atoms with van der Waals surface area (Å²) < 4.78 is 2.81. The first-order valence-electron chi connectivity index (χ1n) is 8.90. The Balaban J connectivity index is 2.18. The van der Waals surface area contributed by atoms with Gasteiger partial charge in [-0.2, -0.15) is 0 Å². The van der Waals surface area contributed by atoms with Gasteiger partial charge >= 0.3 is 0 Å². The average Bonchev–Trinajstić information content (AvgIpc) is 2.64. The van der Waals surface area contributed by atoms with E-state index in [1.54, 1.807) is 0 Å². The molecule has 1 nitrogen and oxygen atoms in total. The molecule has 3 aromatic carbocycles. The summed E-state index contributed by atoms with van der Waals surface area (Å²) in [5, 5.41) is 2.96. The summed E-state index contributed by atoms with van der Waals surface area (Å²) >= 11 is 0. The summed E-state index contributed by atoms with van der Waals surface area (Å²) in [4.78, 5) is 0. The molecule has 0 N–H and O–H groups in total. The fraction of sp³-hybridized carbons (Fsp3) is 0.182. The SMILES string of the molecule is C[Si](C)(c1ccccc1)N(c1ccccc1)[Si](C)(C)c1ccccc1. The fourth-order valence-corrected chi connectivity index (χ4v) is 14.4. The van der Waals surface area contributed by atoms with Crippen LogP contribution in [0.2, 0.25) is 26.2 Å². The first-order chi connectivity index (χ1) is 11.9. The number of anilines is 1. The molecule has 3 rings (SSSR count). The third-order valence-electron chi connectivity index (χ3n) is 5.09. The van der Waals surface area contributed by atoms with Gasteiger partial charge in [0.25, 0.3) is 0 Å². The third-order valence-corrected chi connectivity index (χ3v) is 14.7. The van der Waals surface area contributed by atoms with E-state index in [0.29, 0.717) is 0 Å². The molecule has 0 fully saturated rings. The monoisotopic (exact) mass is 361 g/mol. The Morgan fingerprint density at radius 2 is 0.800 bits per heavy atom. The molecule has 0 atom stereocenters. The van der Waals surface area contributed by atoms with E-state index in [1.807, 2.05) is 0 Å². The maximum Gasteiger partial charge on any atom is 0.174 e. The van der Waals surface area contributed by atoms with Crippen molar-refractivity contribution in [3.63, 3.8) is 0 Å². The fourth-order valence-electron chi connectivity index (χ4n) is 3.87. The Bertz CT molecular complexity index is 748. The van der Waals surface area contributed by atoms with Crippen LogP contribution in [0.25, 0.3) is 0 Å². The van der Waals surface area contributed by atoms with Gasteiger partial charge in [0.2, 0.25) is 0 Å². The molecule has 0 unspecified atom stereocenters. The Morgan fingerprint density at radius 1 is 0.480 bits per heavy atom. The smallest absolute Gasteiger partial charge is 0.174 e. The Hall–Kier alpha value is -2.11. The highest BCUT2D eigenvalue weighted by atomic mass is 28.4. The molecule has 0 spiro atoms. The molecule has 128 valence electrons. The van der Waals surface area contributed by atoms with Crippen molar-refractivity contribution in [3.05, 3.63) is 91.0 Å². The lowest BCUT2D eigenvalue weighted by Crippen LogP contribution is -2.72. The van der Waals surface area contributed by atoms with Crippen molar-refractivity contribution in [1.29, 1.82) is 0 Å². The standard InChI is InChI=1S/C22H27NSi2/c1-24(2,21-16-10-6-11-17-21)23(20-14-8-5-9-15-20)25(3,4)22-18-12-7-13-19-22/h5-19H,1-4H3. The van der Waals surface area contributed by atoms with Crippen LogP contribution < -0.4 is 14.6 Å². The van der Waals surface area contributed by atoms with E-state index in [0.717, 1.165) is 0 Å². The zero-order valence-electron chi connectivity index (χ0n) is 15.6. The van der Waals surface area contributed by atoms with Gasteiger partial charge < -0.3 is 4.23 Å². The van der Waals surface area contributed by atoms with Crippen LogP contribution in [0.4, 0.5) is 5.69 Å². The lowest BCUT2D eigenvalue weighted by Gasteiger charge is -2.49. The number of hydrogen-bond donors (Lipinski definition) is 0. The number of para-hydroxylation sites is 1. The van der Waals surface area contributed by atoms with Crippen LogP contribution in [0.5, 0.6) is 0 Å². The van der Waals surface area contributed by atoms with E-state index in [1.165, 1.54) is 16.1 Å². The molecule has 0 amide bonds. The summed E-state index contributed by atoms with van der Waals surface area (Å²) in [6.07, 6.45) is 0. The van der Waals surface area contributed by atoms with E-state index < -0.39 is 16.5 Å². The first-order valence-corrected chi connectivity index (χ1v) is 14.8. The Kier molecular flexibility index (Phi) is 4.97. The van der Waals surface area contributed by atoms with Gasteiger partial charge in [0, 0.05) is 5.69 Å². The number of hydrogen-bond acceptors (Lipinski definition) is 1. The number of benzene rings is 3. The largest absolute Gasteiger partial charge is 0.417 e. The second-order valence-electron chi connectivity index (χ2n) is 7.52. The lowest BCUT2D eigenvalue weighted by atomic mass is 10.3. The zero-order chi connectivity index (χ0) is 17.9. The minimum atomic E-state index is -1.87. The second kappa shape index (κ2) is 7.02. The molecule has 0 saturated heterocycles. The van der Waals surface area contributed by atoms with E-state index in [-0.39, 0.29) is 0 Å². The quantitative estimate of drug-likeness (QED) is 0.595. The highest BCUT2D eigenvalue weighted by Crippen LogP contribution is 2.28. The summed E-state index contributed by atoms with van der Waals surface area (Å²) in [5.41, 5.74) is 1.35. The second-order valence-corrected chi connectivity index (χ2v) is 16.3. The van der Waals surface area contributed by atoms with Crippen molar-refractivity contribution < 1.29 is 0 Å². The lowest BCUT2D eigenvalue weighted by molar-refractivity contribution is 1.38. The van der Waals surface area contributed by atoms with Gasteiger partial charge in [-0.25, -0.2) is 0 Å². The van der Waals surface area contributed by atoms with Gasteiger partial charge in [0.15, 0.2) is 16.5 Å². The molecule has 0 heterocycles. The molecule has 0 radical (unpaired) electrons. The van der Waals surface area contributed by atoms with Crippen molar-refractivity contribution in [2.75, 3.05) is 4.23 Å². The molecule has 0 aliphatic rings. The van der Waals surface area contributed by atoms with Gasteiger partial charge in [0.1, 0.15) is 0 Å². The zero-order valence-corrected chi connectivity index (χ0v) is 17.6. The van der Waals surface area contributed by atoms with Gasteiger partial charge in [-0.3, -0.25) is 0 Å². The highest BCUT2D eigenvalue weighted by molar-refractivity contribution is 7.10. The topological polar surface area (TPSA) is 3.24 Å². The summed E-state index contributed by atoms with van der Waals surface area (Å²) in [5.74, 6) is 0. The summed E-state index contributed by atoms with van der Waals surface area (Å²) in [7, 11) is -3.75. The van der Waals surface area contributed by atoms with Crippen molar-refractivity contribution in [2.45, 2.75) is 26.2 Å². The molecular weight excluding hydrogens is 334 g/mol. The molecule has 0 aliphatic carbocycles. The van der Waals surface area contributed by atoms with Crippen LogP contribution in [-0.2, 0) is 0 Å². The maximum absolute atomic E-state index is 2.81. The summed E-state index contributed by atoms with van der Waals surface area (Å²) in [6, 6.07) is 33.1. The van der Waals surface area contributed by atoms with Crippen LogP contribution in [0, 0.1) is 0 Å². The van der Waals surface area contributed by atoms with E-state index in [2.05, 4.69) is 121 Å². The maximum atomic E-state index is 2.81. The van der Waals surface area contributed by atoms with E-state index >= 15 is 0 Å². The van der Waals surface area contributed by atoms with E-state index in [4.69, 9.17) is 0 Å². The van der Waals surface area contributed by atoms with Crippen LogP contribution in [-0.4, -0.2) is 16.5 Å². The van der Waals surface area contributed by atoms with E-state index in [9.17, 15) is 0 Å². The normalized spacial score (nSPS) is 12.0. The van der Waals surface area contributed by atoms with Crippen molar-refractivity contribution >= 4 is 32.5 Å². The number of rotatable bonds is 5. The van der Waals surface area contributed by atoms with Crippen molar-refractivity contribution in [1.82, 2.24) is 0 Å². The third kappa shape index (κ3) is 3.48. The van der Waals surface area contributed by atoms with Crippen LogP contribution in [0.1, 0.15) is 0 Å². The van der Waals surface area contributed by atoms with Gasteiger partial charge in [-0.05, 0) is 48.7 Å². The van der Waals surface area contributed by atoms with Gasteiger partial charge in [0.05, 0.1) is 0 Å². The molecular formula is C22H27NSi2. The van der Waals surface area contributed by atoms with Crippen LogP contribution in [0.15, 0.2) is 91.0 Å². The van der Waals surface area contributed by atoms with Crippen LogP contribution >= 0.6 is 0 Å². The van der Waals surface area contributed by atoms with Gasteiger partial charge in [-0.15, -0.1) is 0 Å². The van der Waals surface area contributed by atoms with Crippen molar-refractivity contribution in [3.8, 4) is 0 Å². The minimum Gasteiger partial charge on any atom is -0.417 e. The molecule has 0 aromatic heterocycles. The predicted molar refractivity (Wildman–Crippen MR) is 116 cm³/mol. The molecule has 3 heteroatoms. The van der Waals surface area contributed by atoms with Gasteiger partial charge in [-0.1, -0.05) is 78.9 Å². The predicted octanol–water partition coefficient (Wildman–Crippen LogP) is 4.72. The minimum absolute atomic E-state index is 1.35. The molecule has 0 aliphatic heterocycles. The molecule has 0 bridgehead atoms. The Morgan fingerprint density at radius 3 is 1.16 bits per heavy atom. The average molecular weight is 362 g/mol. The number of nitrogens with zero attached hydrogens (tertiary/aromatic N) is 1.